The molecule has 0 unspecified atom stereocenters. The summed E-state index contributed by atoms with van der Waals surface area (Å²) in [7, 11) is 1.55. The van der Waals surface area contributed by atoms with E-state index in [-0.39, 0.29) is 5.17 Å². The fraction of sp³-hybridized carbons (Fsp3) is 0.125. The van der Waals surface area contributed by atoms with E-state index in [0.29, 0.717) is 22.6 Å². The molecule has 0 aliphatic carbocycles. The summed E-state index contributed by atoms with van der Waals surface area (Å²) < 4.78 is 11.3. The predicted molar refractivity (Wildman–Crippen MR) is 119 cm³/mol. The van der Waals surface area contributed by atoms with Gasteiger partial charge in [-0.1, -0.05) is 60.7 Å². The molecule has 154 valence electrons. The summed E-state index contributed by atoms with van der Waals surface area (Å²) in [4.78, 5) is 29.3. The Morgan fingerprint density at radius 3 is 2.00 bits per heavy atom. The normalized spacial score (nSPS) is 24.5. The average Bonchev–Trinajstić information content (AvgIpc) is 3.23. The van der Waals surface area contributed by atoms with Crippen molar-refractivity contribution in [2.24, 2.45) is 0 Å². The van der Waals surface area contributed by atoms with E-state index in [1.54, 1.807) is 67.8 Å². The molecule has 3 aromatic carbocycles. The molecule has 0 radical (unpaired) electrons. The number of amides is 2. The molecule has 2 amide bonds. The summed E-state index contributed by atoms with van der Waals surface area (Å²) >= 11 is 5.34. The van der Waals surface area contributed by atoms with Gasteiger partial charge in [-0.15, -0.1) is 0 Å². The number of ether oxygens (including phenoxy) is 2. The van der Waals surface area contributed by atoms with Gasteiger partial charge in [-0.2, -0.15) is 0 Å². The van der Waals surface area contributed by atoms with Gasteiger partial charge >= 0.3 is 0 Å². The second-order valence-corrected chi connectivity index (χ2v) is 7.69. The third-order valence-corrected chi connectivity index (χ3v) is 5.99. The maximum atomic E-state index is 14.1. The maximum Gasteiger partial charge on any atom is 0.286 e. The minimum atomic E-state index is -1.68. The first-order valence-electron chi connectivity index (χ1n) is 9.70. The van der Waals surface area contributed by atoms with Gasteiger partial charge in [0.1, 0.15) is 5.75 Å². The van der Waals surface area contributed by atoms with E-state index in [9.17, 15) is 9.59 Å². The number of thiocarbonyl (C=S) groups is 1. The number of carbonyl (C=O) groups excluding carboxylic acids is 2. The highest BCUT2D eigenvalue weighted by atomic mass is 32.1. The number of carbonyl (C=O) groups is 2. The zero-order valence-electron chi connectivity index (χ0n) is 16.6. The molecule has 3 aromatic rings. The number of methoxy groups -OCH3 is 1. The van der Waals surface area contributed by atoms with Crippen LogP contribution in [0.1, 0.15) is 11.1 Å². The molecule has 5 rings (SSSR count). The first-order chi connectivity index (χ1) is 15.0. The molecule has 0 aromatic heterocycles. The van der Waals surface area contributed by atoms with Crippen LogP contribution in [-0.4, -0.2) is 24.1 Å². The summed E-state index contributed by atoms with van der Waals surface area (Å²) in [5.74, 6) is -0.350. The lowest BCUT2D eigenvalue weighted by atomic mass is 9.73. The van der Waals surface area contributed by atoms with Gasteiger partial charge in [0.25, 0.3) is 22.6 Å². The number of rotatable bonds is 4. The highest BCUT2D eigenvalue weighted by Gasteiger charge is 2.77. The second kappa shape index (κ2) is 6.92. The van der Waals surface area contributed by atoms with Crippen molar-refractivity contribution in [1.82, 2.24) is 5.32 Å². The molecule has 6 nitrogen and oxygen atoms in total. The third kappa shape index (κ3) is 2.47. The number of anilines is 1. The zero-order valence-corrected chi connectivity index (χ0v) is 17.4. The highest BCUT2D eigenvalue weighted by molar-refractivity contribution is 7.80. The standard InChI is InChI=1S/C24H18N2O4S/c1-29-19-14-12-18(13-15-19)26-20(27)23(16-8-4-2-5-9-16)24(21(26)28,30-22(31)25-23)17-10-6-3-7-11-17/h2-15H,1H3,(H,25,31)/t23-,24+/m0/s1. The molecule has 2 fully saturated rings. The van der Waals surface area contributed by atoms with Gasteiger partial charge in [-0.05, 0) is 42.0 Å². The Labute approximate surface area is 184 Å². The van der Waals surface area contributed by atoms with Gasteiger partial charge in [-0.25, -0.2) is 4.90 Å². The summed E-state index contributed by atoms with van der Waals surface area (Å²) in [5, 5.41) is 3.06. The lowest BCUT2D eigenvalue weighted by Gasteiger charge is -2.33. The molecule has 2 aliphatic rings. The van der Waals surface area contributed by atoms with E-state index in [0.717, 1.165) is 4.90 Å². The van der Waals surface area contributed by atoms with Crippen molar-refractivity contribution in [1.29, 1.82) is 0 Å². The molecule has 2 atom stereocenters. The Morgan fingerprint density at radius 2 is 1.42 bits per heavy atom. The largest absolute Gasteiger partial charge is 0.497 e. The maximum absolute atomic E-state index is 14.1. The minimum absolute atomic E-state index is 0.00351. The average molecular weight is 430 g/mol. The van der Waals surface area contributed by atoms with E-state index >= 15 is 0 Å². The van der Waals surface area contributed by atoms with Crippen LogP contribution in [0.5, 0.6) is 5.75 Å². The Morgan fingerprint density at radius 1 is 0.839 bits per heavy atom. The van der Waals surface area contributed by atoms with E-state index in [4.69, 9.17) is 21.7 Å². The Balaban J connectivity index is 1.79. The molecule has 31 heavy (non-hydrogen) atoms. The van der Waals surface area contributed by atoms with Crippen LogP contribution in [0.4, 0.5) is 5.69 Å². The monoisotopic (exact) mass is 430 g/mol. The van der Waals surface area contributed by atoms with Crippen LogP contribution in [0.25, 0.3) is 0 Å². The topological polar surface area (TPSA) is 67.9 Å². The molecule has 2 heterocycles. The van der Waals surface area contributed by atoms with E-state index in [1.807, 2.05) is 24.3 Å². The SMILES string of the molecule is COc1ccc(N2C(=O)[C@]3(c4ccccc4)NC(=S)O[C@]3(c3ccccc3)C2=O)cc1. The van der Waals surface area contributed by atoms with Gasteiger partial charge in [0.05, 0.1) is 12.8 Å². The minimum Gasteiger partial charge on any atom is -0.497 e. The molecule has 2 saturated heterocycles. The van der Waals surface area contributed by atoms with Gasteiger partial charge in [0.15, 0.2) is 5.54 Å². The van der Waals surface area contributed by atoms with Gasteiger partial charge < -0.3 is 14.8 Å². The summed E-state index contributed by atoms with van der Waals surface area (Å²) in [6, 6.07) is 24.8. The fourth-order valence-electron chi connectivity index (χ4n) is 4.43. The molecule has 0 spiro atoms. The molecule has 2 aliphatic heterocycles. The predicted octanol–water partition coefficient (Wildman–Crippen LogP) is 3.26. The molecule has 7 heteroatoms. The van der Waals surface area contributed by atoms with Crippen LogP contribution in [-0.2, 0) is 25.5 Å². The molecular weight excluding hydrogens is 412 g/mol. The van der Waals surface area contributed by atoms with Crippen LogP contribution in [0, 0.1) is 0 Å². The quantitative estimate of drug-likeness (QED) is 0.506. The van der Waals surface area contributed by atoms with E-state index < -0.39 is 23.0 Å². The molecule has 0 bridgehead atoms. The Hall–Kier alpha value is -3.71. The number of nitrogens with zero attached hydrogens (tertiary/aromatic N) is 1. The van der Waals surface area contributed by atoms with Crippen LogP contribution in [0.15, 0.2) is 84.9 Å². The first kappa shape index (κ1) is 19.3. The van der Waals surface area contributed by atoms with E-state index in [2.05, 4.69) is 5.32 Å². The number of imide groups is 1. The molecule has 1 N–H and O–H groups in total. The van der Waals surface area contributed by atoms with Crippen LogP contribution in [0.3, 0.4) is 0 Å². The van der Waals surface area contributed by atoms with Crippen molar-refractivity contribution in [2.75, 3.05) is 12.0 Å². The Bertz CT molecular complexity index is 1110. The van der Waals surface area contributed by atoms with E-state index in [1.165, 1.54) is 0 Å². The van der Waals surface area contributed by atoms with Crippen LogP contribution < -0.4 is 15.0 Å². The highest BCUT2D eigenvalue weighted by Crippen LogP contribution is 2.55. The number of hydrogen-bond acceptors (Lipinski definition) is 5. The third-order valence-electron chi connectivity index (χ3n) is 5.81. The van der Waals surface area contributed by atoms with Crippen molar-refractivity contribution >= 4 is 34.9 Å². The van der Waals surface area contributed by atoms with Gasteiger partial charge in [0, 0.05) is 5.56 Å². The second-order valence-electron chi connectivity index (χ2n) is 7.32. The van der Waals surface area contributed by atoms with Crippen molar-refractivity contribution in [3.63, 3.8) is 0 Å². The van der Waals surface area contributed by atoms with Crippen molar-refractivity contribution in [3.05, 3.63) is 96.1 Å². The smallest absolute Gasteiger partial charge is 0.286 e. The van der Waals surface area contributed by atoms with Crippen molar-refractivity contribution in [2.45, 2.75) is 11.1 Å². The summed E-state index contributed by atoms with van der Waals surface area (Å²) in [5.41, 5.74) is -1.66. The fourth-order valence-corrected chi connectivity index (χ4v) is 4.71. The molecular formula is C24H18N2O4S. The van der Waals surface area contributed by atoms with Crippen molar-refractivity contribution < 1.29 is 19.1 Å². The zero-order chi connectivity index (χ0) is 21.6. The molecule has 0 saturated carbocycles. The lowest BCUT2D eigenvalue weighted by Crippen LogP contribution is -2.55. The number of hydrogen-bond donors (Lipinski definition) is 1. The summed E-state index contributed by atoms with van der Waals surface area (Å²) in [6.45, 7) is 0. The van der Waals surface area contributed by atoms with Crippen LogP contribution in [0.2, 0.25) is 0 Å². The summed E-state index contributed by atoms with van der Waals surface area (Å²) in [6.07, 6.45) is 0. The lowest BCUT2D eigenvalue weighted by molar-refractivity contribution is -0.135. The number of nitrogens with one attached hydrogen (secondary N) is 1. The van der Waals surface area contributed by atoms with Gasteiger partial charge in [0.2, 0.25) is 0 Å². The Kier molecular flexibility index (Phi) is 4.30. The first-order valence-corrected chi connectivity index (χ1v) is 10.1. The number of benzene rings is 3. The van der Waals surface area contributed by atoms with Crippen LogP contribution >= 0.6 is 12.2 Å². The van der Waals surface area contributed by atoms with Gasteiger partial charge in [-0.3, -0.25) is 9.59 Å². The number of fused-ring (bicyclic) bond motifs is 1. The van der Waals surface area contributed by atoms with Crippen molar-refractivity contribution in [3.8, 4) is 5.75 Å².